The summed E-state index contributed by atoms with van der Waals surface area (Å²) < 4.78 is 84.5. The third-order valence-corrected chi connectivity index (χ3v) is 8.52. The first-order chi connectivity index (χ1) is 21.6. The summed E-state index contributed by atoms with van der Waals surface area (Å²) in [6, 6.07) is 0. The molecule has 6 heterocycles. The van der Waals surface area contributed by atoms with Gasteiger partial charge in [0.25, 0.3) is 0 Å². The van der Waals surface area contributed by atoms with Gasteiger partial charge < -0.3 is 66.3 Å². The van der Waals surface area contributed by atoms with Gasteiger partial charge in [-0.2, -0.15) is 0 Å². The van der Waals surface area contributed by atoms with Crippen molar-refractivity contribution in [2.24, 2.45) is 0 Å². The van der Waals surface area contributed by atoms with Gasteiger partial charge in [-0.25, -0.2) is 0 Å². The van der Waals surface area contributed by atoms with Gasteiger partial charge in [-0.1, -0.05) is 6.58 Å². The Hall–Kier alpha value is -0.820. The lowest BCUT2D eigenvalue weighted by atomic mass is 9.97. The van der Waals surface area contributed by atoms with E-state index in [-0.39, 0.29) is 36.6 Å². The largest absolute Gasteiger partial charge is 0.375 e. The van der Waals surface area contributed by atoms with Crippen molar-refractivity contribution < 1.29 is 66.3 Å². The molecule has 6 rings (SSSR count). The molecule has 14 heteroatoms. The summed E-state index contributed by atoms with van der Waals surface area (Å²) in [5, 5.41) is 0. The molecule has 6 saturated heterocycles. The third-order valence-electron chi connectivity index (χ3n) is 8.52. The van der Waals surface area contributed by atoms with Crippen molar-refractivity contribution >= 4 is 0 Å². The van der Waals surface area contributed by atoms with Crippen LogP contribution in [0.5, 0.6) is 0 Å². The Bertz CT molecular complexity index is 983. The Morgan fingerprint density at radius 2 is 0.891 bits per heavy atom. The molecule has 0 aromatic rings. The summed E-state index contributed by atoms with van der Waals surface area (Å²) >= 11 is 0. The van der Waals surface area contributed by atoms with E-state index in [9.17, 15) is 0 Å². The molecule has 0 radical (unpaired) electrons. The molecule has 0 aromatic heterocycles. The van der Waals surface area contributed by atoms with Crippen LogP contribution in [0.1, 0.15) is 55.4 Å². The predicted molar refractivity (Wildman–Crippen MR) is 157 cm³/mol. The van der Waals surface area contributed by atoms with Crippen molar-refractivity contribution in [3.05, 3.63) is 12.2 Å². The average molecular weight is 661 g/mol. The Kier molecular flexibility index (Phi) is 10.3. The molecule has 0 aliphatic carbocycles. The lowest BCUT2D eigenvalue weighted by molar-refractivity contribution is -0.370. The zero-order chi connectivity index (χ0) is 32.9. The Morgan fingerprint density at radius 1 is 0.522 bits per heavy atom. The van der Waals surface area contributed by atoms with Gasteiger partial charge in [0.15, 0.2) is 35.7 Å². The second-order valence-corrected chi connectivity index (χ2v) is 14.4. The Morgan fingerprint density at radius 3 is 1.30 bits per heavy atom. The highest BCUT2D eigenvalue weighted by Gasteiger charge is 2.60. The molecule has 264 valence electrons. The smallest absolute Gasteiger partial charge is 0.187 e. The fourth-order valence-corrected chi connectivity index (χ4v) is 6.67. The van der Waals surface area contributed by atoms with Crippen LogP contribution in [0.2, 0.25) is 0 Å². The van der Waals surface area contributed by atoms with Crippen LogP contribution in [-0.2, 0) is 66.3 Å². The van der Waals surface area contributed by atoms with Gasteiger partial charge in [-0.15, -0.1) is 0 Å². The quantitative estimate of drug-likeness (QED) is 0.224. The molecule has 46 heavy (non-hydrogen) atoms. The normalized spacial score (nSPS) is 41.7. The van der Waals surface area contributed by atoms with Crippen molar-refractivity contribution in [3.63, 3.8) is 0 Å². The second kappa shape index (κ2) is 13.5. The standard InChI is InChI=1S/C32H52O14/c1-18(14-33-10-12-35-27-25-23(43-31(6,7)45-25)21-19(39-27)16-37-29(2,3)41-21)15-34-11-13-36-28-26-24(44-32(8,9)46-26)22-20(40-28)17-38-30(4,5)42-22/h19-28H,1,10-17H2,2-9H3/t19-,20-,21-,22-,23+,24+,25+,26+,27+,28+/m1/s1. The van der Waals surface area contributed by atoms with Crippen LogP contribution >= 0.6 is 0 Å². The highest BCUT2D eigenvalue weighted by atomic mass is 16.8. The molecule has 0 spiro atoms. The minimum atomic E-state index is -0.776. The second-order valence-electron chi connectivity index (χ2n) is 14.4. The van der Waals surface area contributed by atoms with Crippen molar-refractivity contribution in [1.82, 2.24) is 0 Å². The van der Waals surface area contributed by atoms with Crippen LogP contribution in [0.25, 0.3) is 0 Å². The van der Waals surface area contributed by atoms with Crippen LogP contribution in [-0.4, -0.2) is 137 Å². The molecule has 0 amide bonds. The molecule has 0 unspecified atom stereocenters. The molecule has 6 aliphatic heterocycles. The average Bonchev–Trinajstić information content (AvgIpc) is 3.47. The summed E-state index contributed by atoms with van der Waals surface area (Å²) in [5.41, 5.74) is 0.787. The molecule has 6 fully saturated rings. The Labute approximate surface area is 271 Å². The maximum atomic E-state index is 6.19. The zero-order valence-corrected chi connectivity index (χ0v) is 28.4. The minimum absolute atomic E-state index is 0.297. The number of ether oxygens (including phenoxy) is 14. The van der Waals surface area contributed by atoms with Crippen LogP contribution < -0.4 is 0 Å². The fraction of sp³-hybridized carbons (Fsp3) is 0.938. The van der Waals surface area contributed by atoms with E-state index in [1.807, 2.05) is 55.4 Å². The summed E-state index contributed by atoms with van der Waals surface area (Å²) in [6.45, 7) is 21.8. The number of fused-ring (bicyclic) bond motifs is 6. The van der Waals surface area contributed by atoms with Gasteiger partial charge in [0.2, 0.25) is 0 Å². The first kappa shape index (κ1) is 35.0. The van der Waals surface area contributed by atoms with E-state index < -0.39 is 47.9 Å². The topological polar surface area (TPSA) is 129 Å². The SMILES string of the molecule is C=C(COCCO[C@H]1O[C@@H]2COC(C)(C)O[C@H]2[C@@H]2OC(C)(C)O[C@H]12)COCCO[C@H]1O[C@@H]2COC(C)(C)O[C@H]2[C@@H]2OC(C)(C)O[C@H]12. The molecular weight excluding hydrogens is 608 g/mol. The number of hydrogen-bond donors (Lipinski definition) is 0. The summed E-state index contributed by atoms with van der Waals surface area (Å²) in [5.74, 6) is -3.00. The molecular formula is C32H52O14. The third kappa shape index (κ3) is 8.13. The maximum absolute atomic E-state index is 6.19. The first-order valence-electron chi connectivity index (χ1n) is 16.3. The van der Waals surface area contributed by atoms with E-state index in [0.29, 0.717) is 52.9 Å². The van der Waals surface area contributed by atoms with E-state index in [4.69, 9.17) is 66.3 Å². The molecule has 0 bridgehead atoms. The van der Waals surface area contributed by atoms with Gasteiger partial charge in [0.1, 0.15) is 48.8 Å². The van der Waals surface area contributed by atoms with Crippen LogP contribution in [0.4, 0.5) is 0 Å². The van der Waals surface area contributed by atoms with Gasteiger partial charge in [0, 0.05) is 0 Å². The van der Waals surface area contributed by atoms with E-state index in [1.165, 1.54) is 0 Å². The van der Waals surface area contributed by atoms with Gasteiger partial charge in [0.05, 0.1) is 52.9 Å². The zero-order valence-electron chi connectivity index (χ0n) is 28.4. The number of rotatable bonds is 12. The van der Waals surface area contributed by atoms with Gasteiger partial charge >= 0.3 is 0 Å². The predicted octanol–water partition coefficient (Wildman–Crippen LogP) is 2.40. The van der Waals surface area contributed by atoms with Gasteiger partial charge in [-0.05, 0) is 61.0 Å². The van der Waals surface area contributed by atoms with Crippen molar-refractivity contribution in [3.8, 4) is 0 Å². The molecule has 14 nitrogen and oxygen atoms in total. The lowest BCUT2D eigenvalue weighted by Crippen LogP contribution is -2.64. The van der Waals surface area contributed by atoms with E-state index in [1.54, 1.807) is 0 Å². The first-order valence-corrected chi connectivity index (χ1v) is 16.3. The van der Waals surface area contributed by atoms with Crippen LogP contribution in [0, 0.1) is 0 Å². The molecule has 0 N–H and O–H groups in total. The molecule has 6 aliphatic rings. The molecule has 0 aromatic carbocycles. The molecule has 0 saturated carbocycles. The van der Waals surface area contributed by atoms with Crippen molar-refractivity contribution in [1.29, 1.82) is 0 Å². The van der Waals surface area contributed by atoms with E-state index >= 15 is 0 Å². The monoisotopic (exact) mass is 660 g/mol. The highest BCUT2D eigenvalue weighted by Crippen LogP contribution is 2.43. The minimum Gasteiger partial charge on any atom is -0.375 e. The van der Waals surface area contributed by atoms with E-state index in [0.717, 1.165) is 5.57 Å². The van der Waals surface area contributed by atoms with Crippen molar-refractivity contribution in [2.75, 3.05) is 52.9 Å². The maximum Gasteiger partial charge on any atom is 0.187 e. The fourth-order valence-electron chi connectivity index (χ4n) is 6.67. The van der Waals surface area contributed by atoms with Gasteiger partial charge in [-0.3, -0.25) is 0 Å². The van der Waals surface area contributed by atoms with E-state index in [2.05, 4.69) is 6.58 Å². The number of hydrogen-bond acceptors (Lipinski definition) is 14. The lowest BCUT2D eigenvalue weighted by Gasteiger charge is -2.48. The highest BCUT2D eigenvalue weighted by molar-refractivity contribution is 5.00. The summed E-state index contributed by atoms with van der Waals surface area (Å²) in [6.07, 6.45) is -4.08. The van der Waals surface area contributed by atoms with Crippen LogP contribution in [0.15, 0.2) is 12.2 Å². The van der Waals surface area contributed by atoms with Crippen molar-refractivity contribution in [2.45, 2.75) is 140 Å². The summed E-state index contributed by atoms with van der Waals surface area (Å²) in [4.78, 5) is 0. The molecule has 10 atom stereocenters. The Balaban J connectivity index is 0.869. The summed E-state index contributed by atoms with van der Waals surface area (Å²) in [7, 11) is 0. The van der Waals surface area contributed by atoms with Crippen LogP contribution in [0.3, 0.4) is 0 Å².